The SMILES string of the molecule is C[Si](C)(C)N[Si](C)(CCC(F)(F)F)CCC(F)(F)F. The van der Waals surface area contributed by atoms with Crippen molar-refractivity contribution < 1.29 is 26.3 Å². The first-order chi connectivity index (χ1) is 8.12. The molecule has 0 saturated heterocycles. The van der Waals surface area contributed by atoms with Crippen LogP contribution in [0.25, 0.3) is 0 Å². The smallest absolute Gasteiger partial charge is 0.359 e. The lowest BCUT2D eigenvalue weighted by atomic mass is 10.5. The molecule has 0 aromatic rings. The molecule has 0 aliphatic heterocycles. The molecule has 0 saturated carbocycles. The summed E-state index contributed by atoms with van der Waals surface area (Å²) in [6, 6.07) is -0.395. The molecule has 0 unspecified atom stereocenters. The van der Waals surface area contributed by atoms with Crippen molar-refractivity contribution in [2.45, 2.75) is 63.5 Å². The van der Waals surface area contributed by atoms with Gasteiger partial charge in [-0.05, 0) is 12.1 Å². The van der Waals surface area contributed by atoms with Gasteiger partial charge < -0.3 is 4.65 Å². The van der Waals surface area contributed by atoms with Crippen LogP contribution in [-0.2, 0) is 0 Å². The molecule has 1 N–H and O–H groups in total. The van der Waals surface area contributed by atoms with E-state index in [0.29, 0.717) is 0 Å². The first-order valence-electron chi connectivity index (χ1n) is 6.05. The van der Waals surface area contributed by atoms with Gasteiger partial charge >= 0.3 is 12.4 Å². The van der Waals surface area contributed by atoms with E-state index in [-0.39, 0.29) is 12.1 Å². The molecule has 0 atom stereocenters. The lowest BCUT2D eigenvalue weighted by Crippen LogP contribution is -2.59. The fourth-order valence-electron chi connectivity index (χ4n) is 1.99. The largest absolute Gasteiger partial charge is 0.388 e. The second-order valence-corrected chi connectivity index (χ2v) is 15.8. The zero-order chi connectivity index (χ0) is 15.5. The van der Waals surface area contributed by atoms with Gasteiger partial charge in [0.15, 0.2) is 0 Å². The quantitative estimate of drug-likeness (QED) is 0.541. The summed E-state index contributed by atoms with van der Waals surface area (Å²) in [5, 5.41) is 0. The summed E-state index contributed by atoms with van der Waals surface area (Å²) in [4.78, 5) is 0. The Morgan fingerprint density at radius 1 is 0.737 bits per heavy atom. The second-order valence-electron chi connectivity index (χ2n) is 6.17. The molecule has 0 bridgehead atoms. The predicted octanol–water partition coefficient (Wildman–Crippen LogP) is 4.89. The maximum atomic E-state index is 12.3. The number of nitrogens with one attached hydrogen (secondary N) is 1. The Bertz CT molecular complexity index is 263. The second kappa shape index (κ2) is 6.17. The van der Waals surface area contributed by atoms with E-state index in [9.17, 15) is 26.3 Å². The van der Waals surface area contributed by atoms with E-state index < -0.39 is 41.7 Å². The highest BCUT2D eigenvalue weighted by Crippen LogP contribution is 2.31. The van der Waals surface area contributed by atoms with E-state index in [1.165, 1.54) is 0 Å². The predicted molar refractivity (Wildman–Crippen MR) is 69.1 cm³/mol. The molecule has 0 aliphatic rings. The summed E-state index contributed by atoms with van der Waals surface area (Å²) in [5.41, 5.74) is 0. The van der Waals surface area contributed by atoms with Crippen molar-refractivity contribution in [3.63, 3.8) is 0 Å². The molecule has 0 rings (SSSR count). The maximum Gasteiger partial charge on any atom is 0.388 e. The summed E-state index contributed by atoms with van der Waals surface area (Å²) in [6.07, 6.45) is -10.6. The van der Waals surface area contributed by atoms with E-state index >= 15 is 0 Å². The lowest BCUT2D eigenvalue weighted by Gasteiger charge is -2.36. The van der Waals surface area contributed by atoms with Crippen LogP contribution in [0.5, 0.6) is 0 Å². The van der Waals surface area contributed by atoms with Gasteiger partial charge in [0.25, 0.3) is 0 Å². The normalized spacial score (nSPS) is 14.8. The minimum absolute atomic E-state index is 0.198. The van der Waals surface area contributed by atoms with E-state index in [4.69, 9.17) is 0 Å². The molecule has 19 heavy (non-hydrogen) atoms. The third-order valence-electron chi connectivity index (χ3n) is 2.60. The number of hydrogen-bond donors (Lipinski definition) is 1. The molecule has 0 radical (unpaired) electrons. The van der Waals surface area contributed by atoms with Crippen LogP contribution in [0.1, 0.15) is 12.8 Å². The van der Waals surface area contributed by atoms with Gasteiger partial charge in [0.05, 0.1) is 0 Å². The Kier molecular flexibility index (Phi) is 6.16. The zero-order valence-corrected chi connectivity index (χ0v) is 13.6. The van der Waals surface area contributed by atoms with Crippen LogP contribution in [-0.4, -0.2) is 28.8 Å². The number of halogens is 6. The first-order valence-corrected chi connectivity index (χ1v) is 12.5. The van der Waals surface area contributed by atoms with Crippen molar-refractivity contribution in [3.05, 3.63) is 0 Å². The Morgan fingerprint density at radius 3 is 1.26 bits per heavy atom. The lowest BCUT2D eigenvalue weighted by molar-refractivity contribution is -0.131. The molecular formula is C10H21F6NSi2. The van der Waals surface area contributed by atoms with Crippen LogP contribution in [0, 0.1) is 0 Å². The fraction of sp³-hybridized carbons (Fsp3) is 1.00. The molecule has 0 heterocycles. The van der Waals surface area contributed by atoms with Crippen molar-refractivity contribution in [1.82, 2.24) is 4.65 Å². The third-order valence-corrected chi connectivity index (χ3v) is 10.7. The number of hydrogen-bond acceptors (Lipinski definition) is 1. The summed E-state index contributed by atoms with van der Waals surface area (Å²) in [6.45, 7) is 7.25. The summed E-state index contributed by atoms with van der Waals surface area (Å²) in [7, 11) is -4.64. The van der Waals surface area contributed by atoms with E-state index in [1.807, 2.05) is 19.6 Å². The van der Waals surface area contributed by atoms with E-state index in [0.717, 1.165) is 0 Å². The zero-order valence-electron chi connectivity index (χ0n) is 11.6. The number of alkyl halides is 6. The molecular weight excluding hydrogens is 304 g/mol. The summed E-state index contributed by atoms with van der Waals surface area (Å²) < 4.78 is 76.8. The first kappa shape index (κ1) is 19.0. The Morgan fingerprint density at radius 2 is 1.05 bits per heavy atom. The molecule has 116 valence electrons. The van der Waals surface area contributed by atoms with Crippen molar-refractivity contribution in [2.24, 2.45) is 0 Å². The molecule has 0 aromatic heterocycles. The molecule has 0 amide bonds. The highest BCUT2D eigenvalue weighted by molar-refractivity contribution is 6.91. The molecule has 0 aliphatic carbocycles. The summed E-state index contributed by atoms with van der Waals surface area (Å²) >= 11 is 0. The topological polar surface area (TPSA) is 12.0 Å². The average molecular weight is 325 g/mol. The molecule has 0 spiro atoms. The van der Waals surface area contributed by atoms with Gasteiger partial charge in [0, 0.05) is 12.8 Å². The third kappa shape index (κ3) is 11.5. The molecule has 0 fully saturated rings. The van der Waals surface area contributed by atoms with Gasteiger partial charge in [-0.1, -0.05) is 26.2 Å². The Hall–Kier alpha value is -0.0262. The van der Waals surface area contributed by atoms with E-state index in [2.05, 4.69) is 4.65 Å². The van der Waals surface area contributed by atoms with Gasteiger partial charge in [0.2, 0.25) is 0 Å². The molecule has 9 heteroatoms. The van der Waals surface area contributed by atoms with Crippen LogP contribution >= 0.6 is 0 Å². The van der Waals surface area contributed by atoms with Crippen LogP contribution in [0.4, 0.5) is 26.3 Å². The van der Waals surface area contributed by atoms with Crippen molar-refractivity contribution in [3.8, 4) is 0 Å². The Labute approximate surface area is 111 Å². The van der Waals surface area contributed by atoms with Gasteiger partial charge in [-0.3, -0.25) is 0 Å². The minimum Gasteiger partial charge on any atom is -0.359 e. The van der Waals surface area contributed by atoms with Crippen LogP contribution in [0.3, 0.4) is 0 Å². The Balaban J connectivity index is 4.72. The van der Waals surface area contributed by atoms with Crippen LogP contribution < -0.4 is 4.65 Å². The van der Waals surface area contributed by atoms with Gasteiger partial charge in [-0.15, -0.1) is 0 Å². The van der Waals surface area contributed by atoms with Crippen LogP contribution in [0.15, 0.2) is 0 Å². The minimum atomic E-state index is -4.31. The van der Waals surface area contributed by atoms with Gasteiger partial charge in [-0.2, -0.15) is 26.3 Å². The average Bonchev–Trinajstić information content (AvgIpc) is 2.07. The van der Waals surface area contributed by atoms with Gasteiger partial charge in [0.1, 0.15) is 16.5 Å². The standard InChI is InChI=1S/C10H21F6NSi2/c1-18(2,3)17-19(4,7-5-9(11,12)13)8-6-10(14,15)16/h17H,5-8H2,1-4H3. The van der Waals surface area contributed by atoms with Crippen molar-refractivity contribution in [2.75, 3.05) is 0 Å². The molecule has 1 nitrogen and oxygen atoms in total. The fourth-order valence-corrected chi connectivity index (χ4v) is 12.2. The molecule has 0 aromatic carbocycles. The van der Waals surface area contributed by atoms with Crippen molar-refractivity contribution >= 4 is 16.5 Å². The monoisotopic (exact) mass is 325 g/mol. The highest BCUT2D eigenvalue weighted by Gasteiger charge is 2.40. The summed E-state index contributed by atoms with van der Waals surface area (Å²) in [5.74, 6) is 0. The maximum absolute atomic E-state index is 12.3. The highest BCUT2D eigenvalue weighted by atomic mass is 28.4. The number of rotatable bonds is 6. The van der Waals surface area contributed by atoms with E-state index in [1.54, 1.807) is 6.55 Å². The van der Waals surface area contributed by atoms with Crippen LogP contribution in [0.2, 0.25) is 38.3 Å². The van der Waals surface area contributed by atoms with Gasteiger partial charge in [-0.25, -0.2) is 0 Å². The van der Waals surface area contributed by atoms with Crippen molar-refractivity contribution in [1.29, 1.82) is 0 Å².